The molecular formula is C12H7F2NO. The maximum atomic E-state index is 13.3. The molecule has 2 aromatic rings. The summed E-state index contributed by atoms with van der Waals surface area (Å²) in [5.41, 5.74) is 0.00528. The van der Waals surface area contributed by atoms with Gasteiger partial charge in [0.05, 0.1) is 5.56 Å². The molecule has 0 amide bonds. The fourth-order valence-corrected chi connectivity index (χ4v) is 1.34. The molecule has 1 aromatic heterocycles. The van der Waals surface area contributed by atoms with Crippen LogP contribution in [0.3, 0.4) is 0 Å². The quantitative estimate of drug-likeness (QED) is 0.726. The fraction of sp³-hybridized carbons (Fsp3) is 0. The van der Waals surface area contributed by atoms with E-state index in [4.69, 9.17) is 0 Å². The molecule has 16 heavy (non-hydrogen) atoms. The number of aromatic nitrogens is 1. The zero-order valence-electron chi connectivity index (χ0n) is 8.15. The lowest BCUT2D eigenvalue weighted by atomic mass is 10.0. The van der Waals surface area contributed by atoms with Crippen molar-refractivity contribution in [3.63, 3.8) is 0 Å². The minimum Gasteiger partial charge on any atom is -0.288 e. The lowest BCUT2D eigenvalue weighted by molar-refractivity contribution is 0.103. The van der Waals surface area contributed by atoms with Gasteiger partial charge in [-0.1, -0.05) is 6.07 Å². The summed E-state index contributed by atoms with van der Waals surface area (Å²) in [5, 5.41) is 0. The monoisotopic (exact) mass is 219 g/mol. The maximum Gasteiger partial charge on any atom is 0.196 e. The Morgan fingerprint density at radius 3 is 2.44 bits per heavy atom. The number of hydrogen-bond acceptors (Lipinski definition) is 2. The minimum absolute atomic E-state index is 0.272. The lowest BCUT2D eigenvalue weighted by Gasteiger charge is -2.02. The average molecular weight is 219 g/mol. The van der Waals surface area contributed by atoms with Gasteiger partial charge in [0.1, 0.15) is 0 Å². The zero-order valence-corrected chi connectivity index (χ0v) is 8.15. The molecule has 4 heteroatoms. The largest absolute Gasteiger partial charge is 0.288 e. The van der Waals surface area contributed by atoms with Crippen LogP contribution in [-0.2, 0) is 0 Å². The first-order valence-corrected chi connectivity index (χ1v) is 4.59. The van der Waals surface area contributed by atoms with E-state index in [0.717, 1.165) is 6.07 Å². The van der Waals surface area contributed by atoms with Crippen LogP contribution in [0.4, 0.5) is 8.78 Å². The number of ketones is 1. The molecule has 0 bridgehead atoms. The van der Waals surface area contributed by atoms with Gasteiger partial charge < -0.3 is 0 Å². The highest BCUT2D eigenvalue weighted by atomic mass is 19.2. The molecule has 0 saturated heterocycles. The lowest BCUT2D eigenvalue weighted by Crippen LogP contribution is -2.05. The summed E-state index contributed by atoms with van der Waals surface area (Å²) >= 11 is 0. The third-order valence-corrected chi connectivity index (χ3v) is 2.14. The van der Waals surface area contributed by atoms with Crippen LogP contribution in [0.5, 0.6) is 0 Å². The molecule has 0 saturated carbocycles. The first-order chi connectivity index (χ1) is 7.70. The van der Waals surface area contributed by atoms with Crippen LogP contribution >= 0.6 is 0 Å². The Kier molecular flexibility index (Phi) is 2.72. The van der Waals surface area contributed by atoms with Gasteiger partial charge in [-0.2, -0.15) is 0 Å². The van der Waals surface area contributed by atoms with E-state index in [1.165, 1.54) is 36.7 Å². The Bertz CT molecular complexity index is 526. The van der Waals surface area contributed by atoms with Gasteiger partial charge in [0.2, 0.25) is 0 Å². The SMILES string of the molecule is O=C(c1ccncc1)c1cccc(F)c1F. The molecule has 1 heterocycles. The summed E-state index contributed by atoms with van der Waals surface area (Å²) in [6.45, 7) is 0. The number of halogens is 2. The number of pyridine rings is 1. The third-order valence-electron chi connectivity index (χ3n) is 2.14. The molecule has 0 fully saturated rings. The van der Waals surface area contributed by atoms with Gasteiger partial charge in [0.25, 0.3) is 0 Å². The van der Waals surface area contributed by atoms with Crippen LogP contribution in [0, 0.1) is 11.6 Å². The predicted octanol–water partition coefficient (Wildman–Crippen LogP) is 2.59. The van der Waals surface area contributed by atoms with Crippen molar-refractivity contribution < 1.29 is 13.6 Å². The van der Waals surface area contributed by atoms with E-state index >= 15 is 0 Å². The van der Waals surface area contributed by atoms with Crippen LogP contribution in [0.15, 0.2) is 42.7 Å². The van der Waals surface area contributed by atoms with Gasteiger partial charge in [-0.15, -0.1) is 0 Å². The van der Waals surface area contributed by atoms with Crippen molar-refractivity contribution in [3.8, 4) is 0 Å². The number of nitrogens with zero attached hydrogens (tertiary/aromatic N) is 1. The van der Waals surface area contributed by atoms with Crippen molar-refractivity contribution in [2.75, 3.05) is 0 Å². The van der Waals surface area contributed by atoms with Gasteiger partial charge in [-0.3, -0.25) is 9.78 Å². The summed E-state index contributed by atoms with van der Waals surface area (Å²) < 4.78 is 26.2. The van der Waals surface area contributed by atoms with E-state index in [0.29, 0.717) is 0 Å². The average Bonchev–Trinajstić information content (AvgIpc) is 2.33. The van der Waals surface area contributed by atoms with Crippen LogP contribution < -0.4 is 0 Å². The first kappa shape index (κ1) is 10.4. The van der Waals surface area contributed by atoms with Gasteiger partial charge in [-0.05, 0) is 24.3 Å². The molecule has 0 radical (unpaired) electrons. The van der Waals surface area contributed by atoms with Crippen molar-refractivity contribution in [3.05, 3.63) is 65.5 Å². The van der Waals surface area contributed by atoms with Crippen LogP contribution in [0.2, 0.25) is 0 Å². The Labute approximate surface area is 90.6 Å². The minimum atomic E-state index is -1.12. The molecule has 0 aliphatic rings. The Morgan fingerprint density at radius 1 is 1.06 bits per heavy atom. The number of carbonyl (C=O) groups excluding carboxylic acids is 1. The van der Waals surface area contributed by atoms with Crippen molar-refractivity contribution in [2.24, 2.45) is 0 Å². The van der Waals surface area contributed by atoms with Crippen molar-refractivity contribution in [1.82, 2.24) is 4.98 Å². The fourth-order valence-electron chi connectivity index (χ4n) is 1.34. The van der Waals surface area contributed by atoms with Crippen LogP contribution in [0.25, 0.3) is 0 Å². The molecule has 0 aliphatic carbocycles. The highest BCUT2D eigenvalue weighted by Gasteiger charge is 2.16. The summed E-state index contributed by atoms with van der Waals surface area (Å²) in [7, 11) is 0. The zero-order chi connectivity index (χ0) is 11.5. The molecule has 2 nitrogen and oxygen atoms in total. The Hall–Kier alpha value is -2.10. The molecule has 0 spiro atoms. The Balaban J connectivity index is 2.46. The van der Waals surface area contributed by atoms with Crippen LogP contribution in [-0.4, -0.2) is 10.8 Å². The third kappa shape index (κ3) is 1.82. The highest BCUT2D eigenvalue weighted by molar-refractivity contribution is 6.09. The van der Waals surface area contributed by atoms with Gasteiger partial charge in [0, 0.05) is 18.0 Å². The Morgan fingerprint density at radius 2 is 1.75 bits per heavy atom. The second-order valence-electron chi connectivity index (χ2n) is 3.17. The summed E-state index contributed by atoms with van der Waals surface area (Å²) in [4.78, 5) is 15.5. The standard InChI is InChI=1S/C12H7F2NO/c13-10-3-1-2-9(11(10)14)12(16)8-4-6-15-7-5-8/h1-7H. The molecule has 1 aromatic carbocycles. The van der Waals surface area contributed by atoms with Crippen molar-refractivity contribution in [2.45, 2.75) is 0 Å². The first-order valence-electron chi connectivity index (χ1n) is 4.59. The second-order valence-corrected chi connectivity index (χ2v) is 3.17. The van der Waals surface area contributed by atoms with Crippen molar-refractivity contribution in [1.29, 1.82) is 0 Å². The predicted molar refractivity (Wildman–Crippen MR) is 54.0 cm³/mol. The normalized spacial score (nSPS) is 10.1. The summed E-state index contributed by atoms with van der Waals surface area (Å²) in [5.74, 6) is -2.70. The number of rotatable bonds is 2. The summed E-state index contributed by atoms with van der Waals surface area (Å²) in [6, 6.07) is 6.42. The maximum absolute atomic E-state index is 13.3. The van der Waals surface area contributed by atoms with E-state index in [-0.39, 0.29) is 11.1 Å². The second kappa shape index (κ2) is 4.18. The van der Waals surface area contributed by atoms with Gasteiger partial charge in [-0.25, -0.2) is 8.78 Å². The van der Waals surface area contributed by atoms with Gasteiger partial charge >= 0.3 is 0 Å². The van der Waals surface area contributed by atoms with E-state index < -0.39 is 17.4 Å². The molecular weight excluding hydrogens is 212 g/mol. The van der Waals surface area contributed by atoms with E-state index in [1.54, 1.807) is 0 Å². The molecule has 2 rings (SSSR count). The van der Waals surface area contributed by atoms with Gasteiger partial charge in [0.15, 0.2) is 17.4 Å². The van der Waals surface area contributed by atoms with E-state index in [2.05, 4.69) is 4.98 Å². The van der Waals surface area contributed by atoms with E-state index in [9.17, 15) is 13.6 Å². The number of benzene rings is 1. The highest BCUT2D eigenvalue weighted by Crippen LogP contribution is 2.15. The van der Waals surface area contributed by atoms with E-state index in [1.807, 2.05) is 0 Å². The molecule has 0 N–H and O–H groups in total. The van der Waals surface area contributed by atoms with Crippen LogP contribution in [0.1, 0.15) is 15.9 Å². The van der Waals surface area contributed by atoms with Crippen molar-refractivity contribution >= 4 is 5.78 Å². The molecule has 80 valence electrons. The number of hydrogen-bond donors (Lipinski definition) is 0. The molecule has 0 unspecified atom stereocenters. The molecule has 0 atom stereocenters. The molecule has 0 aliphatic heterocycles. The number of carbonyl (C=O) groups is 1. The summed E-state index contributed by atoms with van der Waals surface area (Å²) in [6.07, 6.45) is 2.84. The smallest absolute Gasteiger partial charge is 0.196 e. The topological polar surface area (TPSA) is 30.0 Å².